The van der Waals surface area contributed by atoms with Crippen LogP contribution in [-0.4, -0.2) is 38.3 Å². The smallest absolute Gasteiger partial charge is 0.152 e. The van der Waals surface area contributed by atoms with Gasteiger partial charge in [-0.15, -0.1) is 10.2 Å². The number of anilines is 2. The average molecular weight is 285 g/mol. The summed E-state index contributed by atoms with van der Waals surface area (Å²) in [5.41, 5.74) is 1.11. The Labute approximate surface area is 123 Å². The van der Waals surface area contributed by atoms with E-state index in [-0.39, 0.29) is 0 Å². The highest BCUT2D eigenvalue weighted by molar-refractivity contribution is 5.59. The zero-order valence-corrected chi connectivity index (χ0v) is 12.4. The van der Waals surface area contributed by atoms with Crippen molar-refractivity contribution in [2.24, 2.45) is 0 Å². The molecule has 0 unspecified atom stereocenters. The summed E-state index contributed by atoms with van der Waals surface area (Å²) in [5.74, 6) is 4.49. The summed E-state index contributed by atoms with van der Waals surface area (Å²) in [4.78, 5) is 11.8. The molecule has 4 rings (SSSR count). The molecule has 0 aromatic carbocycles. The van der Waals surface area contributed by atoms with Gasteiger partial charge in [0.05, 0.1) is 6.54 Å². The van der Waals surface area contributed by atoms with Gasteiger partial charge in [0.1, 0.15) is 23.8 Å². The van der Waals surface area contributed by atoms with Gasteiger partial charge in [-0.2, -0.15) is 0 Å². The monoisotopic (exact) mass is 285 g/mol. The second-order valence-electron chi connectivity index (χ2n) is 5.77. The Hall–Kier alpha value is -2.18. The molecule has 0 saturated heterocycles. The van der Waals surface area contributed by atoms with Crippen molar-refractivity contribution in [1.29, 1.82) is 0 Å². The van der Waals surface area contributed by atoms with Crippen LogP contribution in [0, 0.1) is 6.92 Å². The fourth-order valence-electron chi connectivity index (χ4n) is 2.84. The third-order valence-electron chi connectivity index (χ3n) is 4.26. The Bertz CT molecular complexity index is 674. The normalized spacial score (nSPS) is 17.7. The third kappa shape index (κ3) is 2.12. The first kappa shape index (κ1) is 12.6. The molecule has 21 heavy (non-hydrogen) atoms. The number of nitrogens with one attached hydrogen (secondary N) is 1. The molecule has 0 spiro atoms. The Morgan fingerprint density at radius 1 is 1.24 bits per heavy atom. The van der Waals surface area contributed by atoms with Gasteiger partial charge in [0, 0.05) is 31.6 Å². The van der Waals surface area contributed by atoms with Crippen LogP contribution in [0.3, 0.4) is 0 Å². The highest BCUT2D eigenvalue weighted by Crippen LogP contribution is 2.40. The van der Waals surface area contributed by atoms with Crippen LogP contribution in [0.1, 0.15) is 36.0 Å². The van der Waals surface area contributed by atoms with Crippen molar-refractivity contribution in [3.8, 4) is 0 Å². The molecule has 3 heterocycles. The molecule has 0 bridgehead atoms. The molecule has 7 heteroatoms. The van der Waals surface area contributed by atoms with Crippen LogP contribution in [0.15, 0.2) is 6.33 Å². The number of hydrogen-bond acceptors (Lipinski definition) is 6. The molecule has 0 amide bonds. The van der Waals surface area contributed by atoms with Gasteiger partial charge in [0.2, 0.25) is 0 Å². The van der Waals surface area contributed by atoms with E-state index >= 15 is 0 Å². The molecule has 2 aliphatic rings. The summed E-state index contributed by atoms with van der Waals surface area (Å²) in [6.45, 7) is 4.66. The number of hydrogen-bond donors (Lipinski definition) is 1. The van der Waals surface area contributed by atoms with Crippen LogP contribution < -0.4 is 10.2 Å². The molecular formula is C14H19N7. The lowest BCUT2D eigenvalue weighted by molar-refractivity contribution is 0.554. The van der Waals surface area contributed by atoms with E-state index in [1.807, 2.05) is 7.05 Å². The van der Waals surface area contributed by atoms with Gasteiger partial charge in [-0.25, -0.2) is 9.97 Å². The molecule has 0 radical (unpaired) electrons. The molecule has 2 aromatic heterocycles. The van der Waals surface area contributed by atoms with Crippen molar-refractivity contribution < 1.29 is 0 Å². The largest absolute Gasteiger partial charge is 0.373 e. The van der Waals surface area contributed by atoms with Crippen LogP contribution in [0.4, 0.5) is 11.6 Å². The van der Waals surface area contributed by atoms with E-state index in [9.17, 15) is 0 Å². The van der Waals surface area contributed by atoms with Crippen molar-refractivity contribution in [2.45, 2.75) is 38.8 Å². The quantitative estimate of drug-likeness (QED) is 0.917. The Morgan fingerprint density at radius 2 is 2.10 bits per heavy atom. The number of aromatic nitrogens is 5. The molecule has 1 aliphatic heterocycles. The fraction of sp³-hybridized carbons (Fsp3) is 0.571. The standard InChI is InChI=1S/C14H19N7/c1-9-12(15-2)17-13(10-3-4-10)18-14(9)20-5-6-21-8-16-19-11(21)7-20/h8,10H,3-7H2,1-2H3,(H,15,17,18). The SMILES string of the molecule is CNc1nc(C2CC2)nc(N2CCn3cnnc3C2)c1C. The first-order valence-corrected chi connectivity index (χ1v) is 7.44. The van der Waals surface area contributed by atoms with Crippen molar-refractivity contribution in [3.63, 3.8) is 0 Å². The predicted octanol–water partition coefficient (Wildman–Crippen LogP) is 1.32. The first-order valence-electron chi connectivity index (χ1n) is 7.44. The van der Waals surface area contributed by atoms with Crippen molar-refractivity contribution >= 4 is 11.6 Å². The van der Waals surface area contributed by atoms with Crippen molar-refractivity contribution in [2.75, 3.05) is 23.8 Å². The number of rotatable bonds is 3. The molecule has 1 N–H and O–H groups in total. The summed E-state index contributed by atoms with van der Waals surface area (Å²) in [7, 11) is 1.92. The van der Waals surface area contributed by atoms with Crippen LogP contribution in [0.25, 0.3) is 0 Å². The van der Waals surface area contributed by atoms with Crippen molar-refractivity contribution in [1.82, 2.24) is 24.7 Å². The van der Waals surface area contributed by atoms with E-state index in [4.69, 9.17) is 4.98 Å². The van der Waals surface area contributed by atoms with Gasteiger partial charge < -0.3 is 14.8 Å². The zero-order valence-electron chi connectivity index (χ0n) is 12.4. The second kappa shape index (κ2) is 4.68. The zero-order chi connectivity index (χ0) is 14.4. The van der Waals surface area contributed by atoms with E-state index in [0.29, 0.717) is 5.92 Å². The summed E-state index contributed by atoms with van der Waals surface area (Å²) in [6.07, 6.45) is 4.22. The fourth-order valence-corrected chi connectivity index (χ4v) is 2.84. The minimum atomic E-state index is 0.546. The maximum absolute atomic E-state index is 4.84. The van der Waals surface area contributed by atoms with E-state index < -0.39 is 0 Å². The predicted molar refractivity (Wildman–Crippen MR) is 79.4 cm³/mol. The first-order chi connectivity index (χ1) is 10.3. The summed E-state index contributed by atoms with van der Waals surface area (Å²) >= 11 is 0. The number of fused-ring (bicyclic) bond motifs is 1. The van der Waals surface area contributed by atoms with Gasteiger partial charge in [-0.1, -0.05) is 0 Å². The summed E-state index contributed by atoms with van der Waals surface area (Å²) in [6, 6.07) is 0. The van der Waals surface area contributed by atoms with Gasteiger partial charge in [-0.3, -0.25) is 0 Å². The van der Waals surface area contributed by atoms with Gasteiger partial charge in [0.15, 0.2) is 5.82 Å². The number of nitrogens with zero attached hydrogens (tertiary/aromatic N) is 6. The molecule has 0 atom stereocenters. The van der Waals surface area contributed by atoms with E-state index in [2.05, 4.69) is 36.9 Å². The van der Waals surface area contributed by atoms with Crippen molar-refractivity contribution in [3.05, 3.63) is 23.5 Å². The molecule has 1 saturated carbocycles. The molecule has 7 nitrogen and oxygen atoms in total. The molecule has 1 fully saturated rings. The molecule has 1 aliphatic carbocycles. The third-order valence-corrected chi connectivity index (χ3v) is 4.26. The van der Waals surface area contributed by atoms with Gasteiger partial charge in [0.25, 0.3) is 0 Å². The maximum Gasteiger partial charge on any atom is 0.152 e. The lowest BCUT2D eigenvalue weighted by Gasteiger charge is -2.29. The highest BCUT2D eigenvalue weighted by atomic mass is 15.3. The minimum Gasteiger partial charge on any atom is -0.373 e. The van der Waals surface area contributed by atoms with Crippen LogP contribution >= 0.6 is 0 Å². The topological polar surface area (TPSA) is 71.8 Å². The van der Waals surface area contributed by atoms with Crippen LogP contribution in [-0.2, 0) is 13.1 Å². The highest BCUT2D eigenvalue weighted by Gasteiger charge is 2.29. The van der Waals surface area contributed by atoms with E-state index in [1.54, 1.807) is 6.33 Å². The average Bonchev–Trinajstić information content (AvgIpc) is 3.25. The lowest BCUT2D eigenvalue weighted by Crippen LogP contribution is -2.35. The molecular weight excluding hydrogens is 266 g/mol. The summed E-state index contributed by atoms with van der Waals surface area (Å²) in [5, 5.41) is 11.4. The summed E-state index contributed by atoms with van der Waals surface area (Å²) < 4.78 is 2.10. The minimum absolute atomic E-state index is 0.546. The van der Waals surface area contributed by atoms with Crippen LogP contribution in [0.2, 0.25) is 0 Å². The van der Waals surface area contributed by atoms with E-state index in [0.717, 1.165) is 48.5 Å². The van der Waals surface area contributed by atoms with E-state index in [1.165, 1.54) is 12.8 Å². The van der Waals surface area contributed by atoms with Gasteiger partial charge in [-0.05, 0) is 19.8 Å². The molecule has 110 valence electrons. The Kier molecular flexibility index (Phi) is 2.80. The maximum atomic E-state index is 4.84. The van der Waals surface area contributed by atoms with Crippen LogP contribution in [0.5, 0.6) is 0 Å². The second-order valence-corrected chi connectivity index (χ2v) is 5.77. The van der Waals surface area contributed by atoms with Gasteiger partial charge >= 0.3 is 0 Å². The molecule has 2 aromatic rings. The lowest BCUT2D eigenvalue weighted by atomic mass is 10.2. The Balaban J connectivity index is 1.72. The Morgan fingerprint density at radius 3 is 2.86 bits per heavy atom.